The molecule has 4 N–H and O–H groups in total. The van der Waals surface area contributed by atoms with Gasteiger partial charge in [-0.2, -0.15) is 0 Å². The molecular weight excluding hydrogens is 172 g/mol. The van der Waals surface area contributed by atoms with Gasteiger partial charge in [0.05, 0.1) is 5.70 Å². The van der Waals surface area contributed by atoms with Crippen molar-refractivity contribution < 1.29 is 0 Å². The molecule has 2 heteroatoms. The Morgan fingerprint density at radius 1 is 1.00 bits per heavy atom. The van der Waals surface area contributed by atoms with Gasteiger partial charge in [0.2, 0.25) is 0 Å². The van der Waals surface area contributed by atoms with Crippen LogP contribution in [0.3, 0.4) is 0 Å². The van der Waals surface area contributed by atoms with Crippen LogP contribution in [0.5, 0.6) is 0 Å². The molecule has 2 nitrogen and oxygen atoms in total. The predicted octanol–water partition coefficient (Wildman–Crippen LogP) is 2.81. The summed E-state index contributed by atoms with van der Waals surface area (Å²) in [5.41, 5.74) is 16.6. The van der Waals surface area contributed by atoms with E-state index in [-0.39, 0.29) is 0 Å². The molecule has 0 radical (unpaired) electrons. The van der Waals surface area contributed by atoms with E-state index in [4.69, 9.17) is 11.5 Å². The third-order valence-corrected chi connectivity index (χ3v) is 3.05. The molecule has 0 spiro atoms. The summed E-state index contributed by atoms with van der Waals surface area (Å²) in [4.78, 5) is 0. The maximum Gasteiger partial charge on any atom is 0.0536 e. The van der Waals surface area contributed by atoms with Gasteiger partial charge in [0.1, 0.15) is 0 Å². The summed E-state index contributed by atoms with van der Waals surface area (Å²) in [6.45, 7) is 4.36. The van der Waals surface area contributed by atoms with Crippen molar-refractivity contribution in [3.05, 3.63) is 22.5 Å². The zero-order chi connectivity index (χ0) is 10.6. The highest BCUT2D eigenvalue weighted by Gasteiger charge is 2.12. The van der Waals surface area contributed by atoms with Crippen molar-refractivity contribution in [3.8, 4) is 0 Å². The van der Waals surface area contributed by atoms with E-state index in [9.17, 15) is 0 Å². The minimum atomic E-state index is 0.865. The minimum absolute atomic E-state index is 0.865. The number of hydrogen-bond donors (Lipinski definition) is 2. The van der Waals surface area contributed by atoms with Crippen LogP contribution in [-0.4, -0.2) is 0 Å². The Labute approximate surface area is 87.0 Å². The van der Waals surface area contributed by atoms with Crippen molar-refractivity contribution >= 4 is 0 Å². The molecule has 1 rings (SSSR count). The van der Waals surface area contributed by atoms with Crippen LogP contribution in [0.25, 0.3) is 0 Å². The summed E-state index contributed by atoms with van der Waals surface area (Å²) >= 11 is 0. The van der Waals surface area contributed by atoms with Crippen molar-refractivity contribution in [2.45, 2.75) is 52.4 Å². The largest absolute Gasteiger partial charge is 0.400 e. The van der Waals surface area contributed by atoms with Crippen molar-refractivity contribution in [1.82, 2.24) is 0 Å². The van der Waals surface area contributed by atoms with E-state index < -0.39 is 0 Å². The summed E-state index contributed by atoms with van der Waals surface area (Å²) in [7, 11) is 0. The lowest BCUT2D eigenvalue weighted by Crippen LogP contribution is -2.15. The van der Waals surface area contributed by atoms with Gasteiger partial charge in [0, 0.05) is 5.70 Å². The second kappa shape index (κ2) is 5.08. The Kier molecular flexibility index (Phi) is 4.05. The second-order valence-corrected chi connectivity index (χ2v) is 3.94. The van der Waals surface area contributed by atoms with Crippen molar-refractivity contribution in [2.75, 3.05) is 0 Å². The molecule has 0 aromatic carbocycles. The van der Waals surface area contributed by atoms with E-state index in [1.807, 2.05) is 0 Å². The molecule has 1 aliphatic carbocycles. The fraction of sp³-hybridized carbons (Fsp3) is 0.667. The fourth-order valence-corrected chi connectivity index (χ4v) is 2.15. The van der Waals surface area contributed by atoms with Crippen molar-refractivity contribution in [3.63, 3.8) is 0 Å². The topological polar surface area (TPSA) is 52.0 Å². The van der Waals surface area contributed by atoms with E-state index in [1.165, 1.54) is 30.4 Å². The first-order valence-corrected chi connectivity index (χ1v) is 5.66. The fourth-order valence-electron chi connectivity index (χ4n) is 2.15. The lowest BCUT2D eigenvalue weighted by molar-refractivity contribution is 0.684. The van der Waals surface area contributed by atoms with E-state index in [0.717, 1.165) is 30.7 Å². The molecule has 0 aromatic heterocycles. The molecule has 0 atom stereocenters. The smallest absolute Gasteiger partial charge is 0.0536 e. The Morgan fingerprint density at radius 3 is 2.21 bits per heavy atom. The van der Waals surface area contributed by atoms with Gasteiger partial charge in [-0.15, -0.1) is 0 Å². The van der Waals surface area contributed by atoms with Crippen molar-refractivity contribution in [2.24, 2.45) is 11.5 Å². The molecule has 80 valence electrons. The molecule has 0 aromatic rings. The number of allylic oxidation sites excluding steroid dienone is 3. The van der Waals surface area contributed by atoms with E-state index in [0.29, 0.717) is 0 Å². The van der Waals surface area contributed by atoms with Gasteiger partial charge in [-0.1, -0.05) is 19.4 Å². The van der Waals surface area contributed by atoms with Gasteiger partial charge in [0.25, 0.3) is 0 Å². The Balaban J connectivity index is 3.08. The Hall–Kier alpha value is -0.920. The lowest BCUT2D eigenvalue weighted by Gasteiger charge is -2.18. The highest BCUT2D eigenvalue weighted by atomic mass is 14.7. The highest BCUT2D eigenvalue weighted by molar-refractivity contribution is 5.36. The van der Waals surface area contributed by atoms with Crippen LogP contribution in [-0.2, 0) is 0 Å². The third-order valence-electron chi connectivity index (χ3n) is 3.05. The molecule has 0 aliphatic heterocycles. The quantitative estimate of drug-likeness (QED) is 0.710. The van der Waals surface area contributed by atoms with Crippen LogP contribution >= 0.6 is 0 Å². The second-order valence-electron chi connectivity index (χ2n) is 3.94. The molecule has 0 saturated carbocycles. The molecular formula is C12H22N2. The maximum atomic E-state index is 6.07. The molecule has 0 bridgehead atoms. The molecule has 1 aliphatic rings. The number of nitrogens with two attached hydrogens (primary N) is 2. The zero-order valence-electron chi connectivity index (χ0n) is 9.40. The standard InChI is InChI=1S/C12H22N2/c1-3-9-7-5-6-8-11(13)12(14)10(9)4-2/h3-8,13-14H2,1-2H3/b10-9-,12-11-. The minimum Gasteiger partial charge on any atom is -0.400 e. The molecule has 0 unspecified atom stereocenters. The van der Waals surface area contributed by atoms with E-state index in [2.05, 4.69) is 13.8 Å². The van der Waals surface area contributed by atoms with Gasteiger partial charge in [0.15, 0.2) is 0 Å². The highest BCUT2D eigenvalue weighted by Crippen LogP contribution is 2.27. The van der Waals surface area contributed by atoms with Gasteiger partial charge in [-0.3, -0.25) is 0 Å². The molecule has 0 amide bonds. The molecule has 0 saturated heterocycles. The third kappa shape index (κ3) is 2.31. The van der Waals surface area contributed by atoms with Gasteiger partial charge in [-0.05, 0) is 44.1 Å². The lowest BCUT2D eigenvalue weighted by atomic mass is 9.91. The maximum absolute atomic E-state index is 6.07. The summed E-state index contributed by atoms with van der Waals surface area (Å²) in [5, 5.41) is 0. The first-order valence-electron chi connectivity index (χ1n) is 5.66. The first-order chi connectivity index (χ1) is 6.70. The van der Waals surface area contributed by atoms with E-state index >= 15 is 0 Å². The summed E-state index contributed by atoms with van der Waals surface area (Å²) in [6.07, 6.45) is 6.71. The monoisotopic (exact) mass is 194 g/mol. The average molecular weight is 194 g/mol. The molecule has 0 fully saturated rings. The zero-order valence-corrected chi connectivity index (χ0v) is 9.40. The van der Waals surface area contributed by atoms with Crippen molar-refractivity contribution in [1.29, 1.82) is 0 Å². The number of hydrogen-bond acceptors (Lipinski definition) is 2. The molecule has 14 heavy (non-hydrogen) atoms. The first kappa shape index (κ1) is 11.2. The van der Waals surface area contributed by atoms with Gasteiger partial charge < -0.3 is 11.5 Å². The SMILES string of the molecule is CC/C1=C(CC)/C(N)=C(/N)CCCC1. The molecule has 0 heterocycles. The average Bonchev–Trinajstić information content (AvgIpc) is 2.19. The van der Waals surface area contributed by atoms with Crippen LogP contribution in [0.4, 0.5) is 0 Å². The van der Waals surface area contributed by atoms with Crippen LogP contribution in [0, 0.1) is 0 Å². The summed E-state index contributed by atoms with van der Waals surface area (Å²) in [6, 6.07) is 0. The summed E-state index contributed by atoms with van der Waals surface area (Å²) in [5.74, 6) is 0. The van der Waals surface area contributed by atoms with Crippen LogP contribution < -0.4 is 11.5 Å². The van der Waals surface area contributed by atoms with Crippen LogP contribution in [0.1, 0.15) is 52.4 Å². The van der Waals surface area contributed by atoms with Gasteiger partial charge in [-0.25, -0.2) is 0 Å². The Bertz CT molecular complexity index is 261. The van der Waals surface area contributed by atoms with Crippen LogP contribution in [0.15, 0.2) is 22.5 Å². The van der Waals surface area contributed by atoms with Crippen LogP contribution in [0.2, 0.25) is 0 Å². The van der Waals surface area contributed by atoms with E-state index in [1.54, 1.807) is 0 Å². The summed E-state index contributed by atoms with van der Waals surface area (Å²) < 4.78 is 0. The number of rotatable bonds is 2. The Morgan fingerprint density at radius 2 is 1.64 bits per heavy atom. The normalized spacial score (nSPS) is 29.9. The predicted molar refractivity (Wildman–Crippen MR) is 61.5 cm³/mol. The van der Waals surface area contributed by atoms with Gasteiger partial charge >= 0.3 is 0 Å².